The van der Waals surface area contributed by atoms with Gasteiger partial charge in [-0.3, -0.25) is 9.78 Å². The largest absolute Gasteiger partial charge is 0.380 e. The molecule has 1 amide bonds. The minimum Gasteiger partial charge on any atom is -0.380 e. The molecule has 8 nitrogen and oxygen atoms in total. The van der Waals surface area contributed by atoms with Gasteiger partial charge in [0.15, 0.2) is 17.4 Å². The minimum atomic E-state index is -0.418. The number of carbonyl (C=O) groups excluding carboxylic acids is 1. The molecular weight excluding hydrogens is 222 g/mol. The van der Waals surface area contributed by atoms with Crippen LogP contribution in [-0.2, 0) is 0 Å². The standard InChI is InChI=1S/C9H9N7O/c10-7-6(8(11)15-14-7)13-16-9(17)5-2-1-3-12-4-5/h1-4H,(H,16,17)(H4,10,11,13,14,15). The number of rotatable bonds is 2. The van der Waals surface area contributed by atoms with Crippen LogP contribution >= 0.6 is 0 Å². The molecule has 0 radical (unpaired) electrons. The maximum absolute atomic E-state index is 11.6. The number of hydrazone groups is 1. The monoisotopic (exact) mass is 231 g/mol. The number of hydrogen-bond acceptors (Lipinski definition) is 7. The zero-order valence-electron chi connectivity index (χ0n) is 8.66. The van der Waals surface area contributed by atoms with E-state index in [1.165, 1.54) is 6.20 Å². The molecule has 86 valence electrons. The van der Waals surface area contributed by atoms with Crippen molar-refractivity contribution in [2.75, 3.05) is 0 Å². The van der Waals surface area contributed by atoms with Crippen LogP contribution in [0.25, 0.3) is 0 Å². The number of nitrogens with one attached hydrogen (secondary N) is 1. The highest BCUT2D eigenvalue weighted by molar-refractivity contribution is 6.68. The lowest BCUT2D eigenvalue weighted by Crippen LogP contribution is -2.34. The van der Waals surface area contributed by atoms with E-state index in [0.717, 1.165) is 0 Å². The third-order valence-electron chi connectivity index (χ3n) is 1.94. The number of pyridine rings is 1. The molecule has 1 aliphatic rings. The van der Waals surface area contributed by atoms with Gasteiger partial charge < -0.3 is 11.5 Å². The van der Waals surface area contributed by atoms with Gasteiger partial charge in [-0.2, -0.15) is 5.10 Å². The molecule has 2 rings (SSSR count). The molecule has 0 bridgehead atoms. The Morgan fingerprint density at radius 1 is 1.29 bits per heavy atom. The van der Waals surface area contributed by atoms with Crippen molar-refractivity contribution in [3.63, 3.8) is 0 Å². The molecule has 0 aromatic carbocycles. The summed E-state index contributed by atoms with van der Waals surface area (Å²) in [6.07, 6.45) is 2.98. The summed E-state index contributed by atoms with van der Waals surface area (Å²) in [5.41, 5.74) is 13.7. The predicted octanol–water partition coefficient (Wildman–Crippen LogP) is -1.19. The molecule has 5 N–H and O–H groups in total. The molecule has 8 heteroatoms. The van der Waals surface area contributed by atoms with Gasteiger partial charge in [0, 0.05) is 12.4 Å². The fraction of sp³-hybridized carbons (Fsp3) is 0. The molecule has 2 heterocycles. The second kappa shape index (κ2) is 4.39. The number of aromatic nitrogens is 1. The van der Waals surface area contributed by atoms with Gasteiger partial charge in [0.2, 0.25) is 0 Å². The molecule has 0 aliphatic carbocycles. The summed E-state index contributed by atoms with van der Waals surface area (Å²) >= 11 is 0. The Balaban J connectivity index is 2.09. The fourth-order valence-corrected chi connectivity index (χ4v) is 1.12. The van der Waals surface area contributed by atoms with Crippen LogP contribution in [0.5, 0.6) is 0 Å². The van der Waals surface area contributed by atoms with Crippen molar-refractivity contribution in [3.05, 3.63) is 30.1 Å². The van der Waals surface area contributed by atoms with Crippen molar-refractivity contribution >= 4 is 23.3 Å². The van der Waals surface area contributed by atoms with Gasteiger partial charge in [0.25, 0.3) is 5.91 Å². The Labute approximate surface area is 96.1 Å². The third-order valence-corrected chi connectivity index (χ3v) is 1.94. The molecular formula is C9H9N7O. The zero-order chi connectivity index (χ0) is 12.3. The van der Waals surface area contributed by atoms with E-state index in [0.29, 0.717) is 5.56 Å². The van der Waals surface area contributed by atoms with Gasteiger partial charge in [-0.1, -0.05) is 0 Å². The fourth-order valence-electron chi connectivity index (χ4n) is 1.12. The summed E-state index contributed by atoms with van der Waals surface area (Å²) in [5, 5.41) is 10.8. The summed E-state index contributed by atoms with van der Waals surface area (Å²) in [6.45, 7) is 0. The normalized spacial score (nSPS) is 14.0. The second-order valence-electron chi connectivity index (χ2n) is 3.11. The molecule has 17 heavy (non-hydrogen) atoms. The molecule has 0 saturated heterocycles. The van der Waals surface area contributed by atoms with Crippen LogP contribution in [-0.4, -0.2) is 28.3 Å². The Morgan fingerprint density at radius 3 is 2.59 bits per heavy atom. The summed E-state index contributed by atoms with van der Waals surface area (Å²) in [6, 6.07) is 3.25. The van der Waals surface area contributed by atoms with Gasteiger partial charge >= 0.3 is 0 Å². The molecule has 0 spiro atoms. The van der Waals surface area contributed by atoms with Crippen LogP contribution in [0.4, 0.5) is 0 Å². The third kappa shape index (κ3) is 2.25. The number of amides is 1. The lowest BCUT2D eigenvalue weighted by atomic mass is 10.3. The van der Waals surface area contributed by atoms with Crippen molar-refractivity contribution in [3.8, 4) is 0 Å². The quantitative estimate of drug-likeness (QED) is 0.552. The molecule has 1 aromatic rings. The SMILES string of the molecule is NC1=NN=C(N)C1=NNC(=O)c1cccnc1. The van der Waals surface area contributed by atoms with E-state index in [4.69, 9.17) is 11.5 Å². The topological polar surface area (TPSA) is 131 Å². The van der Waals surface area contributed by atoms with Crippen LogP contribution in [0.1, 0.15) is 10.4 Å². The van der Waals surface area contributed by atoms with E-state index in [2.05, 4.69) is 25.7 Å². The first kappa shape index (κ1) is 10.7. The summed E-state index contributed by atoms with van der Waals surface area (Å²) in [7, 11) is 0. The maximum atomic E-state index is 11.6. The molecule has 0 fully saturated rings. The Bertz CT molecular complexity index is 512. The van der Waals surface area contributed by atoms with Crippen LogP contribution in [0.15, 0.2) is 39.8 Å². The van der Waals surface area contributed by atoms with Crippen molar-refractivity contribution in [1.29, 1.82) is 0 Å². The zero-order valence-corrected chi connectivity index (χ0v) is 8.66. The van der Waals surface area contributed by atoms with Crippen molar-refractivity contribution < 1.29 is 4.79 Å². The van der Waals surface area contributed by atoms with Crippen molar-refractivity contribution in [1.82, 2.24) is 10.4 Å². The number of nitrogens with two attached hydrogens (primary N) is 2. The molecule has 0 unspecified atom stereocenters. The Morgan fingerprint density at radius 2 is 2.00 bits per heavy atom. The maximum Gasteiger partial charge on any atom is 0.272 e. The first-order valence-electron chi connectivity index (χ1n) is 4.64. The van der Waals surface area contributed by atoms with E-state index in [-0.39, 0.29) is 17.4 Å². The first-order valence-corrected chi connectivity index (χ1v) is 4.64. The average Bonchev–Trinajstić information content (AvgIpc) is 2.67. The summed E-state index contributed by atoms with van der Waals surface area (Å²) < 4.78 is 0. The number of carbonyl (C=O) groups is 1. The number of nitrogens with zero attached hydrogens (tertiary/aromatic N) is 4. The summed E-state index contributed by atoms with van der Waals surface area (Å²) in [4.78, 5) is 15.4. The van der Waals surface area contributed by atoms with Crippen LogP contribution in [0, 0.1) is 0 Å². The van der Waals surface area contributed by atoms with Gasteiger partial charge in [-0.15, -0.1) is 10.2 Å². The first-order chi connectivity index (χ1) is 8.18. The highest BCUT2D eigenvalue weighted by atomic mass is 16.2. The van der Waals surface area contributed by atoms with E-state index < -0.39 is 5.91 Å². The number of amidine groups is 2. The Hall–Kier alpha value is -2.77. The van der Waals surface area contributed by atoms with Gasteiger partial charge in [0.1, 0.15) is 0 Å². The molecule has 1 aromatic heterocycles. The van der Waals surface area contributed by atoms with Crippen LogP contribution < -0.4 is 16.9 Å². The van der Waals surface area contributed by atoms with E-state index >= 15 is 0 Å². The van der Waals surface area contributed by atoms with Crippen molar-refractivity contribution in [2.45, 2.75) is 0 Å². The second-order valence-corrected chi connectivity index (χ2v) is 3.11. The van der Waals surface area contributed by atoms with Gasteiger partial charge in [-0.25, -0.2) is 5.43 Å². The van der Waals surface area contributed by atoms with E-state index in [1.54, 1.807) is 18.3 Å². The van der Waals surface area contributed by atoms with Gasteiger partial charge in [0.05, 0.1) is 5.56 Å². The number of hydrogen-bond donors (Lipinski definition) is 3. The highest BCUT2D eigenvalue weighted by Gasteiger charge is 2.17. The molecule has 0 atom stereocenters. The lowest BCUT2D eigenvalue weighted by Gasteiger charge is -2.00. The van der Waals surface area contributed by atoms with Crippen molar-refractivity contribution in [2.24, 2.45) is 26.8 Å². The highest BCUT2D eigenvalue weighted by Crippen LogP contribution is 1.96. The Kier molecular flexibility index (Phi) is 2.77. The average molecular weight is 231 g/mol. The molecule has 1 aliphatic heterocycles. The minimum absolute atomic E-state index is 0.0639. The summed E-state index contributed by atoms with van der Waals surface area (Å²) in [5.74, 6) is -0.291. The van der Waals surface area contributed by atoms with E-state index in [1.807, 2.05) is 0 Å². The van der Waals surface area contributed by atoms with E-state index in [9.17, 15) is 4.79 Å². The predicted molar refractivity (Wildman–Crippen MR) is 62.4 cm³/mol. The lowest BCUT2D eigenvalue weighted by molar-refractivity contribution is 0.0954. The molecule has 0 saturated carbocycles. The van der Waals surface area contributed by atoms with Crippen LogP contribution in [0.2, 0.25) is 0 Å². The van der Waals surface area contributed by atoms with Crippen LogP contribution in [0.3, 0.4) is 0 Å². The smallest absolute Gasteiger partial charge is 0.272 e. The van der Waals surface area contributed by atoms with Gasteiger partial charge in [-0.05, 0) is 12.1 Å².